The average Bonchev–Trinajstić information content (AvgIpc) is 1.58. The molecule has 2 atom stereocenters. The molecule has 2 aromatic heterocycles. The lowest BCUT2D eigenvalue weighted by molar-refractivity contribution is -0.156. The van der Waals surface area contributed by atoms with Gasteiger partial charge in [0.05, 0.1) is 57.4 Å². The molecule has 0 bridgehead atoms. The van der Waals surface area contributed by atoms with Crippen LogP contribution in [0.25, 0.3) is 32.9 Å². The summed E-state index contributed by atoms with van der Waals surface area (Å²) in [7, 11) is -2.94. The molecule has 10 rings (SSSR count). The predicted octanol–water partition coefficient (Wildman–Crippen LogP) is 15.7. The van der Waals surface area contributed by atoms with Crippen molar-refractivity contribution in [1.29, 1.82) is 0 Å². The second kappa shape index (κ2) is 32.1. The highest BCUT2D eigenvalue weighted by Gasteiger charge is 2.57. The molecule has 4 aliphatic heterocycles. The summed E-state index contributed by atoms with van der Waals surface area (Å²) < 4.78 is 94.4. The van der Waals surface area contributed by atoms with E-state index in [2.05, 4.69) is 39.7 Å². The molecule has 2 unspecified atom stereocenters. The van der Waals surface area contributed by atoms with Crippen molar-refractivity contribution in [3.05, 3.63) is 128 Å². The Balaban J connectivity index is 0.000000197. The first-order valence-corrected chi connectivity index (χ1v) is 34.9. The molecule has 0 radical (unpaired) electrons. The van der Waals surface area contributed by atoms with Crippen LogP contribution >= 0.6 is 22.6 Å². The summed E-state index contributed by atoms with van der Waals surface area (Å²) in [5, 5.41) is 29.5. The zero-order valence-corrected chi connectivity index (χ0v) is 61.2. The lowest BCUT2D eigenvalue weighted by atomic mass is 9.61. The summed E-state index contributed by atoms with van der Waals surface area (Å²) in [6, 6.07) is 26.2. The van der Waals surface area contributed by atoms with Crippen molar-refractivity contribution >= 4 is 88.7 Å². The van der Waals surface area contributed by atoms with Crippen molar-refractivity contribution in [1.82, 2.24) is 19.6 Å². The Morgan fingerprint density at radius 1 is 0.594 bits per heavy atom. The fourth-order valence-corrected chi connectivity index (χ4v) is 11.9. The van der Waals surface area contributed by atoms with Crippen LogP contribution in [0.2, 0.25) is 0 Å². The molecule has 2 N–H and O–H groups in total. The lowest BCUT2D eigenvalue weighted by Crippen LogP contribution is -2.41. The first-order valence-electron chi connectivity index (χ1n) is 33.8. The van der Waals surface area contributed by atoms with Gasteiger partial charge in [0.2, 0.25) is 11.9 Å². The molecule has 4 aliphatic rings. The number of carbonyl (C=O) groups is 2. The summed E-state index contributed by atoms with van der Waals surface area (Å²) >= 11 is 2.25. The number of ether oxygens (including phenoxy) is 6. The number of nitrogens with zero attached hydrogens (tertiary/aromatic N) is 4. The van der Waals surface area contributed by atoms with Crippen molar-refractivity contribution in [2.24, 2.45) is 0 Å². The number of rotatable bonds is 20. The number of aromatic nitrogens is 4. The van der Waals surface area contributed by atoms with Gasteiger partial charge in [-0.1, -0.05) is 38.1 Å². The summed E-state index contributed by atoms with van der Waals surface area (Å²) in [4.78, 5) is 23.3. The van der Waals surface area contributed by atoms with Gasteiger partial charge in [-0.25, -0.2) is 9.36 Å². The molecule has 24 heteroatoms. The van der Waals surface area contributed by atoms with Gasteiger partial charge in [0.25, 0.3) is 0 Å². The molecule has 0 spiro atoms. The van der Waals surface area contributed by atoms with Crippen molar-refractivity contribution in [2.75, 3.05) is 26.4 Å². The Bertz CT molecular complexity index is 3650. The van der Waals surface area contributed by atoms with Gasteiger partial charge < -0.3 is 57.1 Å². The van der Waals surface area contributed by atoms with Crippen LogP contribution in [0.4, 0.5) is 8.78 Å². The monoisotopic (exact) mass is 1440 g/mol. The molecular weight excluding hydrogens is 1340 g/mol. The van der Waals surface area contributed by atoms with Crippen LogP contribution in [0.15, 0.2) is 95.9 Å². The van der Waals surface area contributed by atoms with Crippen molar-refractivity contribution in [2.45, 2.75) is 234 Å². The van der Waals surface area contributed by atoms with Crippen molar-refractivity contribution in [3.63, 3.8) is 0 Å². The number of fused-ring (bicyclic) bond motifs is 2. The Morgan fingerprint density at radius 3 is 1.40 bits per heavy atom. The molecule has 6 aromatic rings. The number of hydrogen-bond acceptors (Lipinski definition) is 16. The van der Waals surface area contributed by atoms with Gasteiger partial charge in [-0.05, 0) is 283 Å². The van der Waals surface area contributed by atoms with Crippen LogP contribution in [-0.2, 0) is 47.2 Å². The summed E-state index contributed by atoms with van der Waals surface area (Å²) in [6.07, 6.45) is 7.93. The van der Waals surface area contributed by atoms with Gasteiger partial charge in [-0.2, -0.15) is 8.78 Å². The molecule has 18 nitrogen and oxygen atoms in total. The normalized spacial score (nSPS) is 19.6. The standard InChI is InChI=1S/C30H38BFN2O6.C28H41B2FN2O5.C14H19IO3/c1-5-24(31(36)37)28(20-11-14-22(15-12-20)38-18-8-10-27(35)40-30(2,3)4)21-13-16-25-23(19-21)29(32)33-34(25)26-9-6-7-17-39-26;1-10-20(29-35-25(2,3)26(4,5)36-29)23(30-37-27(6,7)28(8,9)38-30)18-14-15-21-19(17-18)24(31)32-33(21)22-13-11-12-16-34-22;1-14(2,3)18-13(16)5-4-10-17-12-8-6-11(15)7-9-12/h11-16,19,26,36-37H,5-10,17-18H2,1-4H3;14-15,17,22H,10-13,16H2,1-9H3;6-9H,4-5,10H2,1-3H3/b28-24+;23-20-;. The fourth-order valence-electron chi connectivity index (χ4n) is 11.6. The Labute approximate surface area is 580 Å². The molecule has 4 fully saturated rings. The number of allylic oxidation sites excluding steroid dienone is 2. The van der Waals surface area contributed by atoms with Crippen molar-refractivity contribution in [3.8, 4) is 11.5 Å². The van der Waals surface area contributed by atoms with Crippen LogP contribution < -0.4 is 9.47 Å². The lowest BCUT2D eigenvalue weighted by Gasteiger charge is -2.32. The van der Waals surface area contributed by atoms with E-state index in [0.29, 0.717) is 103 Å². The Hall–Kier alpha value is -5.70. The van der Waals surface area contributed by atoms with Gasteiger partial charge in [0, 0.05) is 29.6 Å². The number of benzene rings is 4. The number of carbonyl (C=O) groups excluding carboxylic acids is 2. The Kier molecular flexibility index (Phi) is 25.4. The highest BCUT2D eigenvalue weighted by molar-refractivity contribution is 14.1. The van der Waals surface area contributed by atoms with E-state index in [-0.39, 0.29) is 30.8 Å². The van der Waals surface area contributed by atoms with E-state index in [1.807, 2.05) is 165 Å². The van der Waals surface area contributed by atoms with Gasteiger partial charge in [0.15, 0.2) is 12.5 Å². The minimum atomic E-state index is -1.68. The van der Waals surface area contributed by atoms with E-state index < -0.39 is 66.9 Å². The second-order valence-electron chi connectivity index (χ2n) is 28.7. The molecule has 6 heterocycles. The van der Waals surface area contributed by atoms with E-state index in [9.17, 15) is 19.6 Å². The topological polar surface area (TPSA) is 203 Å². The van der Waals surface area contributed by atoms with Gasteiger partial charge in [-0.15, -0.1) is 10.2 Å². The SMILES string of the molecule is CC(C)(C)OC(=O)CCCOc1ccc(I)cc1.CC/C(B(O)O)=C(/c1ccc(OCCCC(=O)OC(C)(C)C)cc1)c1ccc2c(c1)c(F)nn2C1CCCCO1.CC/C(B1OC(C)(C)C(C)(C)O1)=C(/B1OC(C)(C)C(C)(C)O1)c1ccc2c(c1)c(F)nn2C1CCCCO1. The molecule has 520 valence electrons. The molecule has 4 aromatic carbocycles. The summed E-state index contributed by atoms with van der Waals surface area (Å²) in [5.74, 6) is -0.0966. The number of esters is 2. The molecule has 0 amide bonds. The number of halogens is 3. The van der Waals surface area contributed by atoms with E-state index >= 15 is 8.78 Å². The first-order chi connectivity index (χ1) is 45.1. The summed E-state index contributed by atoms with van der Waals surface area (Å²) in [5.41, 5.74) is 3.24. The predicted molar refractivity (Wildman–Crippen MR) is 380 cm³/mol. The van der Waals surface area contributed by atoms with E-state index in [4.69, 9.17) is 47.0 Å². The third-order valence-electron chi connectivity index (χ3n) is 17.9. The second-order valence-corrected chi connectivity index (χ2v) is 30.0. The maximum atomic E-state index is 15.3. The molecule has 0 saturated carbocycles. The van der Waals surface area contributed by atoms with Gasteiger partial charge in [0.1, 0.15) is 22.7 Å². The van der Waals surface area contributed by atoms with Crippen molar-refractivity contribution < 1.29 is 75.5 Å². The number of hydrogen-bond donors (Lipinski definition) is 2. The first kappa shape index (κ1) is 76.1. The van der Waals surface area contributed by atoms with Crippen LogP contribution in [0.3, 0.4) is 0 Å². The quantitative estimate of drug-likeness (QED) is 0.0316. The van der Waals surface area contributed by atoms with Crippen LogP contribution in [0, 0.1) is 15.5 Å². The zero-order chi connectivity index (χ0) is 70.1. The molecule has 4 saturated heterocycles. The van der Waals surface area contributed by atoms with Gasteiger partial charge in [-0.3, -0.25) is 9.59 Å². The molecule has 96 heavy (non-hydrogen) atoms. The highest BCUT2D eigenvalue weighted by Crippen LogP contribution is 2.46. The van der Waals surface area contributed by atoms with Crippen LogP contribution in [0.5, 0.6) is 11.5 Å². The molecule has 0 aliphatic carbocycles. The third-order valence-corrected chi connectivity index (χ3v) is 18.6. The van der Waals surface area contributed by atoms with Crippen LogP contribution in [-0.4, -0.2) is 123 Å². The maximum absolute atomic E-state index is 15.3. The van der Waals surface area contributed by atoms with Crippen LogP contribution in [0.1, 0.15) is 217 Å². The van der Waals surface area contributed by atoms with Gasteiger partial charge >= 0.3 is 33.3 Å². The Morgan fingerprint density at radius 2 is 1.00 bits per heavy atom. The van der Waals surface area contributed by atoms with E-state index in [1.165, 1.54) is 3.57 Å². The maximum Gasteiger partial charge on any atom is 0.494 e. The third kappa shape index (κ3) is 19.4. The van der Waals surface area contributed by atoms with E-state index in [1.54, 1.807) is 33.6 Å². The fraction of sp³-hybridized carbons (Fsp3) is 0.556. The zero-order valence-electron chi connectivity index (χ0n) is 59.0. The highest BCUT2D eigenvalue weighted by atomic mass is 127. The minimum Gasteiger partial charge on any atom is -0.494 e. The minimum absolute atomic E-state index is 0.172. The average molecular weight is 1440 g/mol. The smallest absolute Gasteiger partial charge is 0.494 e. The molecular formula is C72H98B3F2IN4O14. The largest absolute Gasteiger partial charge is 0.494 e. The van der Waals surface area contributed by atoms with E-state index in [0.717, 1.165) is 66.3 Å². The summed E-state index contributed by atoms with van der Waals surface area (Å²) in [6.45, 7) is 33.5.